The summed E-state index contributed by atoms with van der Waals surface area (Å²) in [5, 5.41) is 8.97. The third-order valence-corrected chi connectivity index (χ3v) is 5.56. The van der Waals surface area contributed by atoms with Crippen molar-refractivity contribution in [2.45, 2.75) is 37.9 Å². The molecule has 2 aromatic rings. The van der Waals surface area contributed by atoms with Gasteiger partial charge in [-0.25, -0.2) is 4.98 Å². The molecule has 1 spiro atoms. The Bertz CT molecular complexity index is 1050. The van der Waals surface area contributed by atoms with Crippen LogP contribution < -0.4 is 9.80 Å². The normalized spacial score (nSPS) is 18.2. The molecular formula is C21H17F3N4O. The number of pyridine rings is 1. The van der Waals surface area contributed by atoms with Gasteiger partial charge in [-0.15, -0.1) is 0 Å². The molecule has 1 saturated heterocycles. The zero-order chi connectivity index (χ0) is 21.0. The van der Waals surface area contributed by atoms with Crippen molar-refractivity contribution in [1.82, 2.24) is 4.98 Å². The smallest absolute Gasteiger partial charge is 0.313 e. The van der Waals surface area contributed by atoms with Crippen LogP contribution in [0.1, 0.15) is 36.1 Å². The molecule has 2 heterocycles. The maximum Gasteiger partial charge on any atom is 0.419 e. The summed E-state index contributed by atoms with van der Waals surface area (Å²) in [6.07, 6.45) is -1.63. The van der Waals surface area contributed by atoms with Gasteiger partial charge >= 0.3 is 6.18 Å². The SMILES string of the molecule is C=C1N(c2cnc(C#N)c(C(F)(F)F)c2)C(=O)C2(CCC2)N1c1ccc(C)cc1. The molecule has 5 nitrogen and oxygen atoms in total. The second-order valence-electron chi connectivity index (χ2n) is 7.31. The number of alkyl halides is 3. The summed E-state index contributed by atoms with van der Waals surface area (Å²) in [5.74, 6) is -0.0489. The molecule has 8 heteroatoms. The monoisotopic (exact) mass is 398 g/mol. The lowest BCUT2D eigenvalue weighted by Crippen LogP contribution is -2.54. The van der Waals surface area contributed by atoms with Crippen LogP contribution in [0, 0.1) is 18.3 Å². The molecule has 2 aliphatic rings. The second kappa shape index (κ2) is 6.34. The first-order chi connectivity index (χ1) is 13.7. The zero-order valence-electron chi connectivity index (χ0n) is 15.6. The number of hydrogen-bond donors (Lipinski definition) is 0. The van der Waals surface area contributed by atoms with Crippen molar-refractivity contribution in [3.05, 3.63) is 65.7 Å². The molecule has 1 amide bonds. The van der Waals surface area contributed by atoms with Crippen molar-refractivity contribution in [3.63, 3.8) is 0 Å². The summed E-state index contributed by atoms with van der Waals surface area (Å²) >= 11 is 0. The van der Waals surface area contributed by atoms with Crippen LogP contribution in [-0.4, -0.2) is 16.4 Å². The van der Waals surface area contributed by atoms with Crippen LogP contribution in [0.2, 0.25) is 0 Å². The van der Waals surface area contributed by atoms with Gasteiger partial charge in [0.15, 0.2) is 5.69 Å². The standard InChI is InChI=1S/C21H17F3N4O/c1-13-4-6-15(7-5-13)28-14(2)27(19(29)20(28)8-3-9-20)16-10-17(21(22,23)24)18(11-25)26-12-16/h4-7,10,12H,2-3,8-9H2,1H3. The minimum Gasteiger partial charge on any atom is -0.313 e. The highest BCUT2D eigenvalue weighted by Crippen LogP contribution is 2.50. The largest absolute Gasteiger partial charge is 0.419 e. The van der Waals surface area contributed by atoms with E-state index in [2.05, 4.69) is 11.6 Å². The van der Waals surface area contributed by atoms with E-state index < -0.39 is 23.0 Å². The first kappa shape index (κ1) is 19.0. The van der Waals surface area contributed by atoms with Gasteiger partial charge in [-0.3, -0.25) is 9.69 Å². The van der Waals surface area contributed by atoms with Gasteiger partial charge in [-0.05, 0) is 44.4 Å². The van der Waals surface area contributed by atoms with Crippen LogP contribution in [0.15, 0.2) is 48.9 Å². The highest BCUT2D eigenvalue weighted by atomic mass is 19.4. The molecule has 1 aromatic heterocycles. The summed E-state index contributed by atoms with van der Waals surface area (Å²) in [7, 11) is 0. The van der Waals surface area contributed by atoms with Gasteiger partial charge in [-0.1, -0.05) is 24.3 Å². The summed E-state index contributed by atoms with van der Waals surface area (Å²) in [6.45, 7) is 5.96. The maximum atomic E-state index is 13.4. The first-order valence-electron chi connectivity index (χ1n) is 9.07. The second-order valence-corrected chi connectivity index (χ2v) is 7.31. The number of aromatic nitrogens is 1. The molecule has 29 heavy (non-hydrogen) atoms. The van der Waals surface area contributed by atoms with Gasteiger partial charge in [0.25, 0.3) is 5.91 Å². The molecule has 4 rings (SSSR count). The van der Waals surface area contributed by atoms with Crippen LogP contribution in [0.5, 0.6) is 0 Å². The van der Waals surface area contributed by atoms with Gasteiger partial charge in [0.1, 0.15) is 17.4 Å². The third kappa shape index (κ3) is 2.77. The highest BCUT2D eigenvalue weighted by Gasteiger charge is 2.59. The van der Waals surface area contributed by atoms with Crippen molar-refractivity contribution in [2.24, 2.45) is 0 Å². The predicted octanol–water partition coefficient (Wildman–Crippen LogP) is 4.53. The van der Waals surface area contributed by atoms with E-state index >= 15 is 0 Å². The number of carbonyl (C=O) groups excluding carboxylic acids is 1. The molecule has 0 unspecified atom stereocenters. The van der Waals surface area contributed by atoms with Gasteiger partial charge in [-0.2, -0.15) is 18.4 Å². The summed E-state index contributed by atoms with van der Waals surface area (Å²) in [4.78, 5) is 20.0. The van der Waals surface area contributed by atoms with Gasteiger partial charge < -0.3 is 4.90 Å². The van der Waals surface area contributed by atoms with Crippen molar-refractivity contribution in [1.29, 1.82) is 5.26 Å². The molecule has 1 aliphatic heterocycles. The Morgan fingerprint density at radius 3 is 2.38 bits per heavy atom. The van der Waals surface area contributed by atoms with E-state index in [4.69, 9.17) is 5.26 Å². The predicted molar refractivity (Wildman–Crippen MR) is 101 cm³/mol. The van der Waals surface area contributed by atoms with Crippen LogP contribution in [0.25, 0.3) is 0 Å². The number of nitrogens with zero attached hydrogens (tertiary/aromatic N) is 4. The molecular weight excluding hydrogens is 381 g/mol. The molecule has 148 valence electrons. The van der Waals surface area contributed by atoms with E-state index in [1.165, 1.54) is 11.0 Å². The average Bonchev–Trinajstić information content (AvgIpc) is 2.88. The number of halogens is 3. The number of aryl methyl sites for hydroxylation is 1. The molecule has 1 aliphatic carbocycles. The fraction of sp³-hybridized carbons (Fsp3) is 0.286. The van der Waals surface area contributed by atoms with Crippen LogP contribution in [0.4, 0.5) is 24.5 Å². The Kier molecular flexibility index (Phi) is 4.15. The van der Waals surface area contributed by atoms with Crippen LogP contribution in [-0.2, 0) is 11.0 Å². The van der Waals surface area contributed by atoms with Crippen molar-refractivity contribution in [3.8, 4) is 6.07 Å². The molecule has 0 radical (unpaired) electrons. The highest BCUT2D eigenvalue weighted by molar-refractivity contribution is 6.10. The number of nitriles is 1. The summed E-state index contributed by atoms with van der Waals surface area (Å²) < 4.78 is 40.1. The minimum absolute atomic E-state index is 0.0489. The number of hydrogen-bond acceptors (Lipinski definition) is 4. The van der Waals surface area contributed by atoms with Crippen molar-refractivity contribution in [2.75, 3.05) is 9.80 Å². The Hall–Kier alpha value is -3.34. The summed E-state index contributed by atoms with van der Waals surface area (Å²) in [6, 6.07) is 9.81. The molecule has 0 bridgehead atoms. The molecule has 2 fully saturated rings. The fourth-order valence-electron chi connectivity index (χ4n) is 3.95. The lowest BCUT2D eigenvalue weighted by Gasteiger charge is -2.43. The fourth-order valence-corrected chi connectivity index (χ4v) is 3.95. The zero-order valence-corrected chi connectivity index (χ0v) is 15.6. The van der Waals surface area contributed by atoms with E-state index in [9.17, 15) is 18.0 Å². The molecule has 0 atom stereocenters. The lowest BCUT2D eigenvalue weighted by molar-refractivity contribution is -0.138. The van der Waals surface area contributed by atoms with Crippen LogP contribution >= 0.6 is 0 Å². The Balaban J connectivity index is 1.82. The number of anilines is 2. The quantitative estimate of drug-likeness (QED) is 0.746. The van der Waals surface area contributed by atoms with E-state index in [1.807, 2.05) is 36.1 Å². The van der Waals surface area contributed by atoms with Crippen molar-refractivity contribution < 1.29 is 18.0 Å². The third-order valence-electron chi connectivity index (χ3n) is 5.56. The lowest BCUT2D eigenvalue weighted by atomic mass is 9.75. The molecule has 0 N–H and O–H groups in total. The minimum atomic E-state index is -4.76. The Labute approximate surface area is 165 Å². The Morgan fingerprint density at radius 1 is 1.21 bits per heavy atom. The van der Waals surface area contributed by atoms with Gasteiger partial charge in [0.05, 0.1) is 17.4 Å². The Morgan fingerprint density at radius 2 is 1.86 bits per heavy atom. The maximum absolute atomic E-state index is 13.4. The van der Waals surface area contributed by atoms with E-state index in [0.717, 1.165) is 29.9 Å². The van der Waals surface area contributed by atoms with E-state index in [0.29, 0.717) is 12.8 Å². The topological polar surface area (TPSA) is 60.2 Å². The van der Waals surface area contributed by atoms with E-state index in [-0.39, 0.29) is 17.4 Å². The van der Waals surface area contributed by atoms with Crippen LogP contribution in [0.3, 0.4) is 0 Å². The number of amides is 1. The average molecular weight is 398 g/mol. The van der Waals surface area contributed by atoms with Crippen molar-refractivity contribution >= 4 is 17.3 Å². The molecule has 1 aromatic carbocycles. The van der Waals surface area contributed by atoms with Gasteiger partial charge in [0, 0.05) is 5.69 Å². The molecule has 1 saturated carbocycles. The van der Waals surface area contributed by atoms with Gasteiger partial charge in [0.2, 0.25) is 0 Å². The van der Waals surface area contributed by atoms with E-state index in [1.54, 1.807) is 0 Å². The number of rotatable bonds is 2. The first-order valence-corrected chi connectivity index (χ1v) is 9.07. The number of benzene rings is 1. The number of carbonyl (C=O) groups is 1. The summed E-state index contributed by atoms with van der Waals surface area (Å²) in [5.41, 5.74) is -0.989.